The van der Waals surface area contributed by atoms with Crippen molar-refractivity contribution >= 4 is 21.7 Å². The van der Waals surface area contributed by atoms with Crippen LogP contribution in [0.5, 0.6) is 0 Å². The van der Waals surface area contributed by atoms with E-state index in [2.05, 4.69) is 243 Å². The number of aromatic nitrogens is 2. The molecule has 0 aliphatic heterocycles. The van der Waals surface area contributed by atoms with Gasteiger partial charge in [-0.1, -0.05) is 194 Å². The molecular weight excluding hydrogens is 749 g/mol. The van der Waals surface area contributed by atoms with Crippen molar-refractivity contribution < 1.29 is 0 Å². The fraction of sp³-hybridized carbons (Fsp3) is 0. The smallest absolute Gasteiger partial charge is 0.0800 e. The third-order valence-corrected chi connectivity index (χ3v) is 11.8. The highest BCUT2D eigenvalue weighted by atomic mass is 14.7. The molecule has 2 heteroatoms. The van der Waals surface area contributed by atoms with Crippen LogP contribution in [0, 0.1) is 0 Å². The Labute approximate surface area is 362 Å². The maximum absolute atomic E-state index is 5.52. The van der Waals surface area contributed by atoms with E-state index in [1.807, 2.05) is 0 Å². The molecule has 2 heterocycles. The highest BCUT2D eigenvalue weighted by Gasteiger charge is 2.19. The molecule has 62 heavy (non-hydrogen) atoms. The largest absolute Gasteiger partial charge is 0.248 e. The first kappa shape index (κ1) is 36.8. The molecule has 0 radical (unpaired) electrons. The summed E-state index contributed by atoms with van der Waals surface area (Å²) in [6, 6.07) is 86.5. The van der Waals surface area contributed by atoms with Crippen LogP contribution in [-0.4, -0.2) is 9.97 Å². The number of hydrogen-bond acceptors (Lipinski definition) is 2. The third-order valence-electron chi connectivity index (χ3n) is 11.8. The topological polar surface area (TPSA) is 25.8 Å². The predicted molar refractivity (Wildman–Crippen MR) is 261 cm³/mol. The molecule has 0 saturated heterocycles. The van der Waals surface area contributed by atoms with Crippen LogP contribution in [0.4, 0.5) is 0 Å². The Bertz CT molecular complexity index is 3310. The average Bonchev–Trinajstić information content (AvgIpc) is 3.37. The van der Waals surface area contributed by atoms with Gasteiger partial charge >= 0.3 is 0 Å². The lowest BCUT2D eigenvalue weighted by molar-refractivity contribution is 1.32. The van der Waals surface area contributed by atoms with Gasteiger partial charge in [-0.05, 0) is 109 Å². The SMILES string of the molecule is c1ccc(-c2cc(-c3ccccc3)cc(-c3cc(-c4cccc(-c5cc6ccccc6c6c(-c7ccccc7)cc(-c7ccccc7)nc56)c4)cc(-c4ccccc4)n3)c2)cc1. The van der Waals surface area contributed by atoms with E-state index in [1.54, 1.807) is 0 Å². The molecule has 0 amide bonds. The van der Waals surface area contributed by atoms with Crippen LogP contribution in [0.2, 0.25) is 0 Å². The van der Waals surface area contributed by atoms with Crippen molar-refractivity contribution in [2.75, 3.05) is 0 Å². The summed E-state index contributed by atoms with van der Waals surface area (Å²) in [7, 11) is 0. The van der Waals surface area contributed by atoms with Gasteiger partial charge in [-0.25, -0.2) is 9.97 Å². The second kappa shape index (κ2) is 16.1. The Morgan fingerprint density at radius 1 is 0.226 bits per heavy atom. The van der Waals surface area contributed by atoms with Crippen LogP contribution in [0.1, 0.15) is 0 Å². The molecule has 9 aromatic carbocycles. The minimum absolute atomic E-state index is 0.916. The number of hydrogen-bond donors (Lipinski definition) is 0. The van der Waals surface area contributed by atoms with Gasteiger partial charge in [0.2, 0.25) is 0 Å². The fourth-order valence-corrected chi connectivity index (χ4v) is 8.75. The Morgan fingerprint density at radius 2 is 0.645 bits per heavy atom. The van der Waals surface area contributed by atoms with E-state index in [4.69, 9.17) is 9.97 Å². The van der Waals surface area contributed by atoms with Crippen molar-refractivity contribution in [1.29, 1.82) is 0 Å². The number of benzene rings is 9. The van der Waals surface area contributed by atoms with E-state index in [0.717, 1.165) is 83.6 Å². The molecule has 290 valence electrons. The highest BCUT2D eigenvalue weighted by Crippen LogP contribution is 2.43. The van der Waals surface area contributed by atoms with Crippen LogP contribution in [0.25, 0.3) is 111 Å². The molecule has 0 N–H and O–H groups in total. The monoisotopic (exact) mass is 788 g/mol. The standard InChI is InChI=1S/C60H40N2/c1-6-19-41(20-7-1)49-34-50(42-21-8-2-9-22-42)36-52(35-49)57-39-51(38-56(61-57)44-25-12-4-13-26-44)46-30-18-31-47(33-46)55-37-48-29-16-17-32-53(48)59-54(43-23-10-3-11-24-43)40-58(62-60(55)59)45-27-14-5-15-28-45/h1-40H. The van der Waals surface area contributed by atoms with Crippen molar-refractivity contribution in [1.82, 2.24) is 9.97 Å². The third kappa shape index (κ3) is 7.14. The molecule has 0 fully saturated rings. The summed E-state index contributed by atoms with van der Waals surface area (Å²) in [6.45, 7) is 0. The van der Waals surface area contributed by atoms with E-state index in [9.17, 15) is 0 Å². The first-order valence-corrected chi connectivity index (χ1v) is 21.1. The molecule has 0 bridgehead atoms. The van der Waals surface area contributed by atoms with E-state index in [-0.39, 0.29) is 0 Å². The van der Waals surface area contributed by atoms with Crippen LogP contribution in [0.15, 0.2) is 243 Å². The lowest BCUT2D eigenvalue weighted by Gasteiger charge is -2.17. The van der Waals surface area contributed by atoms with Crippen molar-refractivity contribution in [2.24, 2.45) is 0 Å². The zero-order valence-corrected chi connectivity index (χ0v) is 34.0. The Kier molecular flexibility index (Phi) is 9.57. The van der Waals surface area contributed by atoms with Gasteiger partial charge in [-0.3, -0.25) is 0 Å². The molecule has 11 aromatic rings. The number of fused-ring (bicyclic) bond motifs is 3. The predicted octanol–water partition coefficient (Wildman–Crippen LogP) is 16.1. The lowest BCUT2D eigenvalue weighted by atomic mass is 9.89. The van der Waals surface area contributed by atoms with Crippen molar-refractivity contribution in [3.05, 3.63) is 243 Å². The van der Waals surface area contributed by atoms with E-state index < -0.39 is 0 Å². The van der Waals surface area contributed by atoms with Gasteiger partial charge in [0.1, 0.15) is 0 Å². The maximum Gasteiger partial charge on any atom is 0.0800 e. The van der Waals surface area contributed by atoms with Gasteiger partial charge in [0.05, 0.1) is 22.6 Å². The molecule has 0 spiro atoms. The minimum Gasteiger partial charge on any atom is -0.248 e. The van der Waals surface area contributed by atoms with Gasteiger partial charge in [0.15, 0.2) is 0 Å². The van der Waals surface area contributed by atoms with Crippen molar-refractivity contribution in [3.8, 4) is 89.4 Å². The molecule has 2 nitrogen and oxygen atoms in total. The van der Waals surface area contributed by atoms with Gasteiger partial charge in [-0.2, -0.15) is 0 Å². The van der Waals surface area contributed by atoms with Crippen molar-refractivity contribution in [3.63, 3.8) is 0 Å². The molecule has 11 rings (SSSR count). The van der Waals surface area contributed by atoms with Gasteiger partial charge in [0, 0.05) is 27.6 Å². The Morgan fingerprint density at radius 3 is 1.24 bits per heavy atom. The summed E-state index contributed by atoms with van der Waals surface area (Å²) in [5.74, 6) is 0. The highest BCUT2D eigenvalue weighted by molar-refractivity contribution is 6.18. The number of nitrogens with zero attached hydrogens (tertiary/aromatic N) is 2. The summed E-state index contributed by atoms with van der Waals surface area (Å²) >= 11 is 0. The summed E-state index contributed by atoms with van der Waals surface area (Å²) in [5.41, 5.74) is 18.4. The summed E-state index contributed by atoms with van der Waals surface area (Å²) in [4.78, 5) is 10.9. The van der Waals surface area contributed by atoms with Crippen LogP contribution >= 0.6 is 0 Å². The second-order valence-electron chi connectivity index (χ2n) is 15.8. The van der Waals surface area contributed by atoms with E-state index in [0.29, 0.717) is 0 Å². The lowest BCUT2D eigenvalue weighted by Crippen LogP contribution is -1.95. The quantitative estimate of drug-likeness (QED) is 0.143. The normalized spacial score (nSPS) is 11.2. The van der Waals surface area contributed by atoms with E-state index in [1.165, 1.54) is 27.5 Å². The maximum atomic E-state index is 5.52. The fourth-order valence-electron chi connectivity index (χ4n) is 8.75. The van der Waals surface area contributed by atoms with E-state index >= 15 is 0 Å². The van der Waals surface area contributed by atoms with Crippen LogP contribution in [-0.2, 0) is 0 Å². The minimum atomic E-state index is 0.916. The van der Waals surface area contributed by atoms with Gasteiger partial charge in [-0.15, -0.1) is 0 Å². The van der Waals surface area contributed by atoms with Crippen molar-refractivity contribution in [2.45, 2.75) is 0 Å². The molecular formula is C60H40N2. The summed E-state index contributed by atoms with van der Waals surface area (Å²) in [5, 5.41) is 3.52. The summed E-state index contributed by atoms with van der Waals surface area (Å²) in [6.07, 6.45) is 0. The summed E-state index contributed by atoms with van der Waals surface area (Å²) < 4.78 is 0. The average molecular weight is 789 g/mol. The molecule has 2 aromatic heterocycles. The zero-order chi connectivity index (χ0) is 41.2. The van der Waals surface area contributed by atoms with Crippen LogP contribution < -0.4 is 0 Å². The molecule has 0 saturated carbocycles. The number of pyridine rings is 2. The first-order valence-electron chi connectivity index (χ1n) is 21.1. The second-order valence-corrected chi connectivity index (χ2v) is 15.8. The molecule has 0 aliphatic carbocycles. The van der Waals surface area contributed by atoms with Gasteiger partial charge in [0.25, 0.3) is 0 Å². The Balaban J connectivity index is 1.13. The molecule has 0 atom stereocenters. The zero-order valence-electron chi connectivity index (χ0n) is 34.0. The molecule has 0 aliphatic rings. The first-order chi connectivity index (χ1) is 30.7. The molecule has 0 unspecified atom stereocenters. The Hall–Kier alpha value is -8.20. The number of rotatable bonds is 8. The van der Waals surface area contributed by atoms with Gasteiger partial charge < -0.3 is 0 Å². The van der Waals surface area contributed by atoms with Crippen LogP contribution in [0.3, 0.4) is 0 Å².